The highest BCUT2D eigenvalue weighted by molar-refractivity contribution is 5.72. The van der Waals surface area contributed by atoms with Crippen molar-refractivity contribution in [2.24, 2.45) is 11.7 Å². The largest absolute Gasteiger partial charge is 0.481 e. The lowest BCUT2D eigenvalue weighted by molar-refractivity contribution is -0.141. The molecule has 3 N–H and O–H groups in total. The summed E-state index contributed by atoms with van der Waals surface area (Å²) < 4.78 is 11.9. The van der Waals surface area contributed by atoms with Crippen LogP contribution in [0.4, 0.5) is 4.39 Å². The lowest BCUT2D eigenvalue weighted by Gasteiger charge is -2.07. The van der Waals surface area contributed by atoms with Gasteiger partial charge in [-0.1, -0.05) is 0 Å². The number of aliphatic carboxylic acids is 1. The second-order valence-electron chi connectivity index (χ2n) is 2.78. The Labute approximate surface area is 63.7 Å². The van der Waals surface area contributed by atoms with E-state index in [-0.39, 0.29) is 6.42 Å². The molecule has 0 saturated heterocycles. The molecular weight excluding hydrogens is 149 g/mol. The summed E-state index contributed by atoms with van der Waals surface area (Å²) in [5.74, 6) is -1.54. The van der Waals surface area contributed by atoms with E-state index >= 15 is 0 Å². The Hall–Kier alpha value is -0.900. The first-order valence-corrected chi connectivity index (χ1v) is 3.41. The molecule has 0 bridgehead atoms. The maximum Gasteiger partial charge on any atom is 0.308 e. The molecule has 62 valence electrons. The smallest absolute Gasteiger partial charge is 0.308 e. The topological polar surface area (TPSA) is 63.3 Å². The fourth-order valence-corrected chi connectivity index (χ4v) is 1.32. The number of carboxylic acids is 1. The summed E-state index contributed by atoms with van der Waals surface area (Å²) in [7, 11) is 0. The zero-order chi connectivity index (χ0) is 8.43. The van der Waals surface area contributed by atoms with Gasteiger partial charge < -0.3 is 10.8 Å². The molecule has 0 aromatic rings. The van der Waals surface area contributed by atoms with Gasteiger partial charge in [0.05, 0.1) is 12.2 Å². The van der Waals surface area contributed by atoms with Gasteiger partial charge in [0.15, 0.2) is 0 Å². The van der Waals surface area contributed by atoms with E-state index in [1.165, 1.54) is 0 Å². The van der Waals surface area contributed by atoms with Gasteiger partial charge in [-0.05, 0) is 18.4 Å². The van der Waals surface area contributed by atoms with E-state index in [2.05, 4.69) is 0 Å². The average Bonchev–Trinajstić information content (AvgIpc) is 2.30. The van der Waals surface area contributed by atoms with Crippen molar-refractivity contribution in [3.05, 3.63) is 11.9 Å². The van der Waals surface area contributed by atoms with Gasteiger partial charge in [0.25, 0.3) is 0 Å². The maximum absolute atomic E-state index is 11.9. The van der Waals surface area contributed by atoms with Gasteiger partial charge in [-0.25, -0.2) is 4.39 Å². The van der Waals surface area contributed by atoms with E-state index in [9.17, 15) is 9.18 Å². The molecule has 2 atom stereocenters. The highest BCUT2D eigenvalue weighted by atomic mass is 19.1. The van der Waals surface area contributed by atoms with Crippen LogP contribution in [0, 0.1) is 5.92 Å². The van der Waals surface area contributed by atoms with Gasteiger partial charge in [0.1, 0.15) is 0 Å². The summed E-state index contributed by atoms with van der Waals surface area (Å²) >= 11 is 0. The van der Waals surface area contributed by atoms with E-state index in [0.29, 0.717) is 18.3 Å². The second-order valence-corrected chi connectivity index (χ2v) is 2.78. The molecular formula is C7H10FNO2. The van der Waals surface area contributed by atoms with Crippen molar-refractivity contribution in [1.29, 1.82) is 0 Å². The van der Waals surface area contributed by atoms with Crippen LogP contribution in [0.3, 0.4) is 0 Å². The standard InChI is InChI=1S/C7H10FNO2/c8-3-4-1-5(7(10)11)6(9)2-4/h3,5-6H,1-2,9H2,(H,10,11)/b4-3-/t5-,6-/m1/s1. The van der Waals surface area contributed by atoms with Gasteiger partial charge in [-0.15, -0.1) is 0 Å². The normalized spacial score (nSPS) is 34.5. The third-order valence-corrected chi connectivity index (χ3v) is 1.97. The fraction of sp³-hybridized carbons (Fsp3) is 0.571. The zero-order valence-electron chi connectivity index (χ0n) is 5.96. The molecule has 0 radical (unpaired) electrons. The van der Waals surface area contributed by atoms with Gasteiger partial charge in [0, 0.05) is 6.04 Å². The molecule has 1 aliphatic rings. The van der Waals surface area contributed by atoms with Crippen LogP contribution in [-0.2, 0) is 4.79 Å². The van der Waals surface area contributed by atoms with E-state index < -0.39 is 17.9 Å². The van der Waals surface area contributed by atoms with Gasteiger partial charge in [-0.3, -0.25) is 4.79 Å². The van der Waals surface area contributed by atoms with Crippen LogP contribution in [0.15, 0.2) is 11.9 Å². The van der Waals surface area contributed by atoms with Gasteiger partial charge >= 0.3 is 5.97 Å². The molecule has 0 aliphatic heterocycles. The fourth-order valence-electron chi connectivity index (χ4n) is 1.32. The Bertz CT molecular complexity index is 203. The molecule has 1 rings (SSSR count). The molecule has 4 heteroatoms. The van der Waals surface area contributed by atoms with Crippen LogP contribution in [-0.4, -0.2) is 17.1 Å². The van der Waals surface area contributed by atoms with Crippen LogP contribution >= 0.6 is 0 Å². The summed E-state index contributed by atoms with van der Waals surface area (Å²) in [6.07, 6.45) is 1.09. The van der Waals surface area contributed by atoms with Crippen LogP contribution < -0.4 is 5.73 Å². The van der Waals surface area contributed by atoms with Crippen molar-refractivity contribution < 1.29 is 14.3 Å². The van der Waals surface area contributed by atoms with Crippen molar-refractivity contribution in [3.8, 4) is 0 Å². The second kappa shape index (κ2) is 3.00. The SMILES string of the molecule is N[C@@H]1C/C(=C\F)C[C@H]1C(=O)O. The molecule has 1 aliphatic carbocycles. The maximum atomic E-state index is 11.9. The number of hydrogen-bond donors (Lipinski definition) is 2. The molecule has 0 heterocycles. The number of nitrogens with two attached hydrogens (primary N) is 1. The van der Waals surface area contributed by atoms with Crippen LogP contribution in [0.2, 0.25) is 0 Å². The molecule has 3 nitrogen and oxygen atoms in total. The molecule has 0 unspecified atom stereocenters. The summed E-state index contributed by atoms with van der Waals surface area (Å²) in [4.78, 5) is 10.4. The Morgan fingerprint density at radius 1 is 1.73 bits per heavy atom. The Kier molecular flexibility index (Phi) is 2.24. The molecule has 0 amide bonds. The molecule has 11 heavy (non-hydrogen) atoms. The van der Waals surface area contributed by atoms with Crippen LogP contribution in [0.1, 0.15) is 12.8 Å². The van der Waals surface area contributed by atoms with Gasteiger partial charge in [-0.2, -0.15) is 0 Å². The summed E-state index contributed by atoms with van der Waals surface area (Å²) in [5, 5.41) is 8.57. The van der Waals surface area contributed by atoms with E-state index in [4.69, 9.17) is 10.8 Å². The van der Waals surface area contributed by atoms with Crippen molar-refractivity contribution in [3.63, 3.8) is 0 Å². The van der Waals surface area contributed by atoms with Crippen LogP contribution in [0.5, 0.6) is 0 Å². The van der Waals surface area contributed by atoms with E-state index in [1.807, 2.05) is 0 Å². The predicted molar refractivity (Wildman–Crippen MR) is 37.5 cm³/mol. The van der Waals surface area contributed by atoms with E-state index in [1.54, 1.807) is 0 Å². The Morgan fingerprint density at radius 3 is 2.64 bits per heavy atom. The number of halogens is 1. The Morgan fingerprint density at radius 2 is 2.36 bits per heavy atom. The molecule has 0 spiro atoms. The predicted octanol–water partition coefficient (Wildman–Crippen LogP) is 0.662. The first-order chi connectivity index (χ1) is 5.15. The minimum atomic E-state index is -0.936. The highest BCUT2D eigenvalue weighted by Gasteiger charge is 2.33. The van der Waals surface area contributed by atoms with Gasteiger partial charge in [0.2, 0.25) is 0 Å². The number of rotatable bonds is 1. The Balaban J connectivity index is 2.66. The summed E-state index contributed by atoms with van der Waals surface area (Å²) in [6, 6.07) is -0.422. The zero-order valence-corrected chi connectivity index (χ0v) is 5.96. The number of carboxylic acid groups (broad SMARTS) is 1. The average molecular weight is 159 g/mol. The molecule has 0 aromatic carbocycles. The minimum absolute atomic E-state index is 0.257. The first-order valence-electron chi connectivity index (χ1n) is 3.41. The lowest BCUT2D eigenvalue weighted by atomic mass is 10.1. The number of hydrogen-bond acceptors (Lipinski definition) is 2. The summed E-state index contributed by atoms with van der Waals surface area (Å²) in [5.41, 5.74) is 5.96. The first kappa shape index (κ1) is 8.20. The van der Waals surface area contributed by atoms with Crippen molar-refractivity contribution in [1.82, 2.24) is 0 Å². The minimum Gasteiger partial charge on any atom is -0.481 e. The highest BCUT2D eigenvalue weighted by Crippen LogP contribution is 2.29. The molecule has 1 fully saturated rings. The van der Waals surface area contributed by atoms with E-state index in [0.717, 1.165) is 0 Å². The molecule has 1 saturated carbocycles. The molecule has 0 aromatic heterocycles. The monoisotopic (exact) mass is 159 g/mol. The third kappa shape index (κ3) is 1.57. The summed E-state index contributed by atoms with van der Waals surface area (Å²) in [6.45, 7) is 0. The third-order valence-electron chi connectivity index (χ3n) is 1.97. The quantitative estimate of drug-likeness (QED) is 0.590. The van der Waals surface area contributed by atoms with Crippen molar-refractivity contribution in [2.45, 2.75) is 18.9 Å². The lowest BCUT2D eigenvalue weighted by Crippen LogP contribution is -2.30. The van der Waals surface area contributed by atoms with Crippen molar-refractivity contribution >= 4 is 5.97 Å². The van der Waals surface area contributed by atoms with Crippen LogP contribution in [0.25, 0.3) is 0 Å². The number of carbonyl (C=O) groups is 1. The van der Waals surface area contributed by atoms with Crippen molar-refractivity contribution in [2.75, 3.05) is 0 Å².